The molecule has 1 aromatic rings. The van der Waals surface area contributed by atoms with Crippen LogP contribution in [0, 0.1) is 6.92 Å². The molecule has 4 heteroatoms. The molecule has 0 aromatic carbocycles. The zero-order valence-corrected chi connectivity index (χ0v) is 10.3. The van der Waals surface area contributed by atoms with Gasteiger partial charge in [-0.1, -0.05) is 12.8 Å². The van der Waals surface area contributed by atoms with Crippen LogP contribution in [-0.4, -0.2) is 18.0 Å². The molecule has 0 amide bonds. The predicted molar refractivity (Wildman–Crippen MR) is 69.3 cm³/mol. The van der Waals surface area contributed by atoms with Crippen LogP contribution in [0.1, 0.15) is 31.2 Å². The van der Waals surface area contributed by atoms with Crippen LogP contribution < -0.4 is 10.6 Å². The molecule has 0 spiro atoms. The Morgan fingerprint density at radius 2 is 2.25 bits per heavy atom. The molecule has 16 heavy (non-hydrogen) atoms. The zero-order valence-electron chi connectivity index (χ0n) is 9.49. The van der Waals surface area contributed by atoms with E-state index in [0.717, 1.165) is 5.96 Å². The third kappa shape index (κ3) is 1.82. The fraction of sp³-hybridized carbons (Fsp3) is 0.583. The number of rotatable bonds is 1. The normalized spacial score (nSPS) is 28.2. The van der Waals surface area contributed by atoms with E-state index in [4.69, 9.17) is 4.99 Å². The number of anilines is 1. The van der Waals surface area contributed by atoms with Crippen LogP contribution in [0.15, 0.2) is 15.8 Å². The standard InChI is InChI=1S/C12H17N3S/c1-8-6-16-7-11(8)15-12-13-9-4-2-3-5-10(9)14-12/h6-7,9-10H,2-5H2,1H3,(H2,13,14,15)/t9-,10?/m0/s1. The second-order valence-electron chi connectivity index (χ2n) is 4.67. The van der Waals surface area contributed by atoms with Crippen molar-refractivity contribution in [3.05, 3.63) is 16.3 Å². The maximum absolute atomic E-state index is 4.73. The summed E-state index contributed by atoms with van der Waals surface area (Å²) in [5.74, 6) is 0.971. The van der Waals surface area contributed by atoms with Gasteiger partial charge in [-0.25, -0.2) is 4.99 Å². The first-order chi connectivity index (χ1) is 7.83. The molecule has 0 radical (unpaired) electrons. The maximum atomic E-state index is 4.73. The molecule has 3 rings (SSSR count). The van der Waals surface area contributed by atoms with Crippen molar-refractivity contribution in [2.24, 2.45) is 4.99 Å². The average Bonchev–Trinajstić information content (AvgIpc) is 2.85. The highest BCUT2D eigenvalue weighted by molar-refractivity contribution is 7.08. The summed E-state index contributed by atoms with van der Waals surface area (Å²) in [7, 11) is 0. The van der Waals surface area contributed by atoms with Gasteiger partial charge in [0.05, 0.1) is 17.8 Å². The van der Waals surface area contributed by atoms with Gasteiger partial charge in [0.25, 0.3) is 0 Å². The first-order valence-corrected chi connectivity index (χ1v) is 6.91. The largest absolute Gasteiger partial charge is 0.351 e. The molecule has 1 aromatic heterocycles. The zero-order chi connectivity index (χ0) is 11.0. The van der Waals surface area contributed by atoms with Crippen LogP contribution in [-0.2, 0) is 0 Å². The van der Waals surface area contributed by atoms with Gasteiger partial charge in [0.1, 0.15) is 0 Å². The molecule has 1 saturated carbocycles. The van der Waals surface area contributed by atoms with Gasteiger partial charge in [-0.15, -0.1) is 11.3 Å². The molecule has 2 N–H and O–H groups in total. The molecule has 1 fully saturated rings. The quantitative estimate of drug-likeness (QED) is 0.785. The topological polar surface area (TPSA) is 36.4 Å². The third-order valence-corrected chi connectivity index (χ3v) is 4.32. The molecule has 0 bridgehead atoms. The number of hydrogen-bond donors (Lipinski definition) is 2. The lowest BCUT2D eigenvalue weighted by atomic mass is 9.92. The maximum Gasteiger partial charge on any atom is 0.196 e. The van der Waals surface area contributed by atoms with Crippen LogP contribution in [0.25, 0.3) is 0 Å². The summed E-state index contributed by atoms with van der Waals surface area (Å²) >= 11 is 1.73. The lowest BCUT2D eigenvalue weighted by Gasteiger charge is -2.23. The van der Waals surface area contributed by atoms with E-state index in [1.165, 1.54) is 36.9 Å². The summed E-state index contributed by atoms with van der Waals surface area (Å²) in [6.07, 6.45) is 5.18. The molecule has 2 aliphatic rings. The fourth-order valence-corrected chi connectivity index (χ4v) is 3.28. The Labute approximate surface area is 100.0 Å². The van der Waals surface area contributed by atoms with Gasteiger partial charge in [-0.3, -0.25) is 0 Å². The average molecular weight is 235 g/mol. The third-order valence-electron chi connectivity index (χ3n) is 3.46. The summed E-state index contributed by atoms with van der Waals surface area (Å²) in [6.45, 7) is 2.13. The Bertz CT molecular complexity index is 410. The minimum absolute atomic E-state index is 0.509. The molecule has 2 atom stereocenters. The fourth-order valence-electron chi connectivity index (χ4n) is 2.50. The highest BCUT2D eigenvalue weighted by Gasteiger charge is 2.30. The summed E-state index contributed by atoms with van der Waals surface area (Å²) in [5.41, 5.74) is 2.49. The van der Waals surface area contributed by atoms with Crippen LogP contribution in [0.2, 0.25) is 0 Å². The Hall–Kier alpha value is -1.03. The van der Waals surface area contributed by atoms with Crippen LogP contribution >= 0.6 is 11.3 Å². The molecule has 1 aliphatic heterocycles. The van der Waals surface area contributed by atoms with Crippen molar-refractivity contribution >= 4 is 23.0 Å². The summed E-state index contributed by atoms with van der Waals surface area (Å²) in [4.78, 5) is 4.73. The van der Waals surface area contributed by atoms with E-state index in [0.29, 0.717) is 12.1 Å². The molecule has 0 saturated heterocycles. The van der Waals surface area contributed by atoms with Gasteiger partial charge < -0.3 is 10.6 Å². The van der Waals surface area contributed by atoms with Crippen molar-refractivity contribution in [3.8, 4) is 0 Å². The van der Waals surface area contributed by atoms with E-state index < -0.39 is 0 Å². The van der Waals surface area contributed by atoms with Crippen molar-refractivity contribution in [2.45, 2.75) is 44.7 Å². The molecule has 86 valence electrons. The smallest absolute Gasteiger partial charge is 0.196 e. The lowest BCUT2D eigenvalue weighted by molar-refractivity contribution is 0.384. The molecule has 3 nitrogen and oxygen atoms in total. The van der Waals surface area contributed by atoms with Gasteiger partial charge in [0, 0.05) is 5.38 Å². The molecular weight excluding hydrogens is 218 g/mol. The molecule has 2 heterocycles. The van der Waals surface area contributed by atoms with Crippen LogP contribution in [0.4, 0.5) is 5.69 Å². The van der Waals surface area contributed by atoms with E-state index in [2.05, 4.69) is 28.3 Å². The number of hydrogen-bond acceptors (Lipinski definition) is 4. The van der Waals surface area contributed by atoms with Gasteiger partial charge in [0.15, 0.2) is 5.96 Å². The molecular formula is C12H17N3S. The van der Waals surface area contributed by atoms with Crippen molar-refractivity contribution in [1.29, 1.82) is 0 Å². The van der Waals surface area contributed by atoms with Crippen molar-refractivity contribution < 1.29 is 0 Å². The monoisotopic (exact) mass is 235 g/mol. The number of guanidine groups is 1. The van der Waals surface area contributed by atoms with Crippen LogP contribution in [0.5, 0.6) is 0 Å². The number of fused-ring (bicyclic) bond motifs is 1. The number of aliphatic imine (C=N–C) groups is 1. The van der Waals surface area contributed by atoms with E-state index >= 15 is 0 Å². The Morgan fingerprint density at radius 1 is 1.38 bits per heavy atom. The second-order valence-corrected chi connectivity index (χ2v) is 5.42. The highest BCUT2D eigenvalue weighted by atomic mass is 32.1. The summed E-state index contributed by atoms with van der Waals surface area (Å²) in [6, 6.07) is 1.09. The Balaban J connectivity index is 1.71. The molecule has 1 aliphatic carbocycles. The lowest BCUT2D eigenvalue weighted by Crippen LogP contribution is -2.38. The van der Waals surface area contributed by atoms with E-state index in [1.807, 2.05) is 0 Å². The van der Waals surface area contributed by atoms with E-state index in [1.54, 1.807) is 11.3 Å². The highest BCUT2D eigenvalue weighted by Crippen LogP contribution is 2.26. The molecule has 1 unspecified atom stereocenters. The van der Waals surface area contributed by atoms with Gasteiger partial charge in [-0.05, 0) is 30.7 Å². The van der Waals surface area contributed by atoms with Crippen LogP contribution in [0.3, 0.4) is 0 Å². The minimum Gasteiger partial charge on any atom is -0.351 e. The minimum atomic E-state index is 0.509. The summed E-state index contributed by atoms with van der Waals surface area (Å²) in [5, 5.41) is 11.2. The van der Waals surface area contributed by atoms with Gasteiger partial charge >= 0.3 is 0 Å². The van der Waals surface area contributed by atoms with Gasteiger partial charge in [-0.2, -0.15) is 0 Å². The van der Waals surface area contributed by atoms with E-state index in [-0.39, 0.29) is 0 Å². The number of nitrogens with zero attached hydrogens (tertiary/aromatic N) is 1. The van der Waals surface area contributed by atoms with Gasteiger partial charge in [0.2, 0.25) is 0 Å². The predicted octanol–water partition coefficient (Wildman–Crippen LogP) is 2.74. The number of aryl methyl sites for hydroxylation is 1. The van der Waals surface area contributed by atoms with E-state index in [9.17, 15) is 0 Å². The Kier molecular flexibility index (Phi) is 2.59. The van der Waals surface area contributed by atoms with Crippen molar-refractivity contribution in [3.63, 3.8) is 0 Å². The summed E-state index contributed by atoms with van der Waals surface area (Å²) < 4.78 is 0. The van der Waals surface area contributed by atoms with Crippen molar-refractivity contribution in [1.82, 2.24) is 5.32 Å². The number of thiophene rings is 1. The first kappa shape index (κ1) is 10.1. The van der Waals surface area contributed by atoms with Crippen molar-refractivity contribution in [2.75, 3.05) is 5.32 Å². The first-order valence-electron chi connectivity index (χ1n) is 5.97. The SMILES string of the molecule is Cc1cscc1NC1=NC2CCCC[C@@H]2N1. The second kappa shape index (κ2) is 4.09. The number of nitrogens with one attached hydrogen (secondary N) is 2. The Morgan fingerprint density at radius 3 is 3.00 bits per heavy atom.